The Bertz CT molecular complexity index is 962. The van der Waals surface area contributed by atoms with E-state index in [1.165, 1.54) is 7.11 Å². The maximum atomic E-state index is 12.4. The first kappa shape index (κ1) is 31.9. The largest absolute Gasteiger partial charge is 0.494 e. The molecule has 0 N–H and O–H groups in total. The summed E-state index contributed by atoms with van der Waals surface area (Å²) in [6.07, 6.45) is 6.65. The third-order valence-electron chi connectivity index (χ3n) is 6.75. The third kappa shape index (κ3) is 12.0. The van der Waals surface area contributed by atoms with Gasteiger partial charge >= 0.3 is 12.1 Å². The number of sulfone groups is 1. The minimum absolute atomic E-state index is 0.0923. The lowest BCUT2D eigenvalue weighted by atomic mass is 9.92. The van der Waals surface area contributed by atoms with Crippen LogP contribution >= 0.6 is 0 Å². The van der Waals surface area contributed by atoms with Gasteiger partial charge in [-0.3, -0.25) is 4.79 Å². The zero-order valence-corrected chi connectivity index (χ0v) is 24.7. The monoisotopic (exact) mass is 553 g/mol. The van der Waals surface area contributed by atoms with Crippen LogP contribution in [0.1, 0.15) is 78.2 Å². The Kier molecular flexibility index (Phi) is 12.9. The summed E-state index contributed by atoms with van der Waals surface area (Å²) < 4.78 is 41.0. The summed E-state index contributed by atoms with van der Waals surface area (Å²) in [5, 5.41) is 0. The maximum absolute atomic E-state index is 12.4. The molecule has 1 atom stereocenters. The van der Waals surface area contributed by atoms with Crippen molar-refractivity contribution in [3.05, 3.63) is 29.8 Å². The van der Waals surface area contributed by atoms with Crippen molar-refractivity contribution in [2.45, 2.75) is 84.7 Å². The number of ether oxygens (including phenoxy) is 3. The molecule has 0 bridgehead atoms. The van der Waals surface area contributed by atoms with E-state index in [1.807, 2.05) is 56.9 Å². The predicted octanol–water partition coefficient (Wildman–Crippen LogP) is 5.43. The van der Waals surface area contributed by atoms with Crippen LogP contribution in [0.5, 0.6) is 5.75 Å². The van der Waals surface area contributed by atoms with E-state index in [-0.39, 0.29) is 17.6 Å². The molecule has 1 aromatic rings. The van der Waals surface area contributed by atoms with Crippen LogP contribution in [0.2, 0.25) is 0 Å². The number of hydrogen-bond donors (Lipinski definition) is 0. The number of carbonyl (C=O) groups excluding carboxylic acids is 2. The lowest BCUT2D eigenvalue weighted by Gasteiger charge is -2.33. The van der Waals surface area contributed by atoms with Gasteiger partial charge in [0.1, 0.15) is 11.4 Å². The van der Waals surface area contributed by atoms with Gasteiger partial charge in [0, 0.05) is 13.1 Å². The topological polar surface area (TPSA) is 99.2 Å². The SMILES string of the molecule is CCCCS(=O)(=O)CC(Cc1ccc(OCCCCC2CCN(C(=O)OC(C)(C)C)CC2)cc1)C(=O)OC. The molecule has 0 radical (unpaired) electrons. The van der Waals surface area contributed by atoms with E-state index in [0.29, 0.717) is 25.4 Å². The molecular weight excluding hydrogens is 506 g/mol. The number of likely N-dealkylation sites (tertiary alicyclic amines) is 1. The van der Waals surface area contributed by atoms with Gasteiger partial charge in [0.2, 0.25) is 0 Å². The molecule has 0 saturated carbocycles. The first-order chi connectivity index (χ1) is 17.9. The molecule has 38 heavy (non-hydrogen) atoms. The number of rotatable bonds is 14. The Balaban J connectivity index is 1.70. The van der Waals surface area contributed by atoms with Gasteiger partial charge in [-0.25, -0.2) is 13.2 Å². The van der Waals surface area contributed by atoms with Crippen molar-refractivity contribution in [3.63, 3.8) is 0 Å². The van der Waals surface area contributed by atoms with Gasteiger partial charge in [0.25, 0.3) is 0 Å². The van der Waals surface area contributed by atoms with Crippen molar-refractivity contribution in [3.8, 4) is 5.75 Å². The molecule has 1 aromatic carbocycles. The van der Waals surface area contributed by atoms with Crippen LogP contribution in [0.3, 0.4) is 0 Å². The molecule has 216 valence electrons. The van der Waals surface area contributed by atoms with E-state index in [4.69, 9.17) is 14.2 Å². The third-order valence-corrected chi connectivity index (χ3v) is 8.57. The number of piperidine rings is 1. The smallest absolute Gasteiger partial charge is 0.410 e. The van der Waals surface area contributed by atoms with Crippen LogP contribution in [0, 0.1) is 11.8 Å². The number of nitrogens with zero attached hydrogens (tertiary/aromatic N) is 1. The summed E-state index contributed by atoms with van der Waals surface area (Å²) in [6, 6.07) is 7.48. The first-order valence-corrected chi connectivity index (χ1v) is 15.7. The average molecular weight is 554 g/mol. The second kappa shape index (κ2) is 15.3. The molecule has 1 fully saturated rings. The lowest BCUT2D eigenvalue weighted by Crippen LogP contribution is -2.41. The van der Waals surface area contributed by atoms with E-state index in [0.717, 1.165) is 62.9 Å². The number of methoxy groups -OCH3 is 1. The average Bonchev–Trinajstić information content (AvgIpc) is 2.86. The highest BCUT2D eigenvalue weighted by Crippen LogP contribution is 2.24. The number of carbonyl (C=O) groups is 2. The van der Waals surface area contributed by atoms with E-state index in [1.54, 1.807) is 0 Å². The van der Waals surface area contributed by atoms with Crippen LogP contribution in [-0.2, 0) is 30.5 Å². The second-order valence-corrected chi connectivity index (χ2v) is 13.5. The van der Waals surface area contributed by atoms with Gasteiger partial charge in [-0.15, -0.1) is 0 Å². The minimum Gasteiger partial charge on any atom is -0.494 e. The molecule has 8 nitrogen and oxygen atoms in total. The summed E-state index contributed by atoms with van der Waals surface area (Å²) in [6.45, 7) is 9.74. The van der Waals surface area contributed by atoms with Gasteiger partial charge in [-0.05, 0) is 82.9 Å². The summed E-state index contributed by atoms with van der Waals surface area (Å²) in [4.78, 5) is 26.2. The number of amides is 1. The van der Waals surface area contributed by atoms with Crippen LogP contribution in [0.4, 0.5) is 4.79 Å². The van der Waals surface area contributed by atoms with E-state index in [2.05, 4.69) is 0 Å². The molecule has 2 rings (SSSR count). The summed E-state index contributed by atoms with van der Waals surface area (Å²) in [5.74, 6) is 0.0594. The number of esters is 1. The van der Waals surface area contributed by atoms with Crippen LogP contribution < -0.4 is 4.74 Å². The van der Waals surface area contributed by atoms with Crippen molar-refractivity contribution >= 4 is 21.9 Å². The summed E-state index contributed by atoms with van der Waals surface area (Å²) in [5.41, 5.74) is 0.410. The van der Waals surface area contributed by atoms with Crippen molar-refractivity contribution in [1.82, 2.24) is 4.90 Å². The molecule has 1 aliphatic heterocycles. The molecular formula is C29H47NO7S. The number of benzene rings is 1. The number of unbranched alkanes of at least 4 members (excludes halogenated alkanes) is 2. The zero-order valence-electron chi connectivity index (χ0n) is 23.9. The summed E-state index contributed by atoms with van der Waals surface area (Å²) in [7, 11) is -2.02. The fourth-order valence-electron chi connectivity index (χ4n) is 4.59. The summed E-state index contributed by atoms with van der Waals surface area (Å²) >= 11 is 0. The predicted molar refractivity (Wildman–Crippen MR) is 149 cm³/mol. The molecule has 1 unspecified atom stereocenters. The van der Waals surface area contributed by atoms with Crippen molar-refractivity contribution in [2.24, 2.45) is 11.8 Å². The zero-order chi connectivity index (χ0) is 28.2. The Morgan fingerprint density at radius 2 is 1.71 bits per heavy atom. The normalized spacial score (nSPS) is 15.7. The van der Waals surface area contributed by atoms with Crippen molar-refractivity contribution < 1.29 is 32.2 Å². The van der Waals surface area contributed by atoms with E-state index >= 15 is 0 Å². The molecule has 1 saturated heterocycles. The van der Waals surface area contributed by atoms with Crippen molar-refractivity contribution in [2.75, 3.05) is 38.3 Å². The standard InChI is InChI=1S/C29H47NO7S/c1-6-7-20-38(33,34)22-25(27(31)35-5)21-24-11-13-26(14-12-24)36-19-9-8-10-23-15-17-30(18-16-23)28(32)37-29(2,3)4/h11-14,23,25H,6-10,15-22H2,1-5H3. The molecule has 0 spiro atoms. The first-order valence-electron chi connectivity index (χ1n) is 13.9. The Hall–Kier alpha value is -2.29. The van der Waals surface area contributed by atoms with Gasteiger partial charge in [0.05, 0.1) is 31.1 Å². The van der Waals surface area contributed by atoms with Crippen LogP contribution in [-0.4, -0.2) is 69.3 Å². The van der Waals surface area contributed by atoms with Crippen LogP contribution in [0.15, 0.2) is 24.3 Å². The minimum atomic E-state index is -3.31. The van der Waals surface area contributed by atoms with Crippen molar-refractivity contribution in [1.29, 1.82) is 0 Å². The Morgan fingerprint density at radius 1 is 1.05 bits per heavy atom. The molecule has 1 heterocycles. The molecule has 1 aliphatic rings. The maximum Gasteiger partial charge on any atom is 0.410 e. The quantitative estimate of drug-likeness (QED) is 0.224. The molecule has 9 heteroatoms. The lowest BCUT2D eigenvalue weighted by molar-refractivity contribution is -0.144. The highest BCUT2D eigenvalue weighted by molar-refractivity contribution is 7.91. The van der Waals surface area contributed by atoms with E-state index < -0.39 is 27.3 Å². The fraction of sp³-hybridized carbons (Fsp3) is 0.724. The van der Waals surface area contributed by atoms with E-state index in [9.17, 15) is 18.0 Å². The Morgan fingerprint density at radius 3 is 2.29 bits per heavy atom. The number of hydrogen-bond acceptors (Lipinski definition) is 7. The Labute approximate surface area is 229 Å². The fourth-order valence-corrected chi connectivity index (χ4v) is 6.36. The van der Waals surface area contributed by atoms with Gasteiger partial charge < -0.3 is 19.1 Å². The molecule has 1 amide bonds. The van der Waals surface area contributed by atoms with Gasteiger partial charge in [-0.2, -0.15) is 0 Å². The van der Waals surface area contributed by atoms with Gasteiger partial charge in [0.15, 0.2) is 9.84 Å². The second-order valence-electron chi connectivity index (χ2n) is 11.3. The van der Waals surface area contributed by atoms with Crippen LogP contribution in [0.25, 0.3) is 0 Å². The molecule has 0 aliphatic carbocycles. The highest BCUT2D eigenvalue weighted by atomic mass is 32.2. The van der Waals surface area contributed by atoms with Gasteiger partial charge in [-0.1, -0.05) is 31.9 Å². The highest BCUT2D eigenvalue weighted by Gasteiger charge is 2.27. The molecule has 0 aromatic heterocycles.